The van der Waals surface area contributed by atoms with Crippen molar-refractivity contribution in [2.45, 2.75) is 13.0 Å². The van der Waals surface area contributed by atoms with E-state index in [0.29, 0.717) is 24.1 Å². The number of hydrogen-bond donors (Lipinski definition) is 2. The molecule has 0 amide bonds. The maximum atomic E-state index is 9.50. The van der Waals surface area contributed by atoms with Gasteiger partial charge in [0.25, 0.3) is 0 Å². The Labute approximate surface area is 121 Å². The topological polar surface area (TPSA) is 80.4 Å². The number of benzene rings is 1. The van der Waals surface area contributed by atoms with Crippen LogP contribution in [0, 0.1) is 6.92 Å². The Balaban J connectivity index is 2.24. The zero-order valence-electron chi connectivity index (χ0n) is 11.3. The molecular weight excluding hydrogens is 282 g/mol. The molecule has 20 heavy (non-hydrogen) atoms. The highest BCUT2D eigenvalue weighted by molar-refractivity contribution is 6.18. The van der Waals surface area contributed by atoms with Crippen LogP contribution in [0.25, 0.3) is 11.5 Å². The van der Waals surface area contributed by atoms with Crippen LogP contribution in [0.15, 0.2) is 22.6 Å². The van der Waals surface area contributed by atoms with Gasteiger partial charge in [0.05, 0.1) is 24.8 Å². The molecule has 0 aliphatic heterocycles. The number of rotatable bonds is 6. The molecule has 2 N–H and O–H groups in total. The molecule has 2 rings (SSSR count). The molecule has 0 saturated heterocycles. The van der Waals surface area contributed by atoms with Gasteiger partial charge >= 0.3 is 0 Å². The van der Waals surface area contributed by atoms with E-state index in [2.05, 4.69) is 15.5 Å². The summed E-state index contributed by atoms with van der Waals surface area (Å²) in [6.45, 7) is 2.06. The maximum Gasteiger partial charge on any atom is 0.247 e. The molecular formula is C13H16ClN3O3. The summed E-state index contributed by atoms with van der Waals surface area (Å²) in [4.78, 5) is 0. The number of nitrogens with one attached hydrogen (secondary N) is 1. The van der Waals surface area contributed by atoms with Crippen LogP contribution in [-0.4, -0.2) is 40.9 Å². The Morgan fingerprint density at radius 1 is 1.45 bits per heavy atom. The minimum Gasteiger partial charge on any atom is -0.495 e. The van der Waals surface area contributed by atoms with E-state index in [4.69, 9.17) is 20.8 Å². The first-order valence-corrected chi connectivity index (χ1v) is 6.64. The lowest BCUT2D eigenvalue weighted by Gasteiger charge is -2.14. The van der Waals surface area contributed by atoms with Gasteiger partial charge in [-0.1, -0.05) is 0 Å². The second-order valence-corrected chi connectivity index (χ2v) is 4.54. The fourth-order valence-corrected chi connectivity index (χ4v) is 1.78. The number of methoxy groups -OCH3 is 1. The first-order chi connectivity index (χ1) is 9.63. The zero-order valence-corrected chi connectivity index (χ0v) is 12.0. The molecule has 0 bridgehead atoms. The first-order valence-electron chi connectivity index (χ1n) is 6.10. The van der Waals surface area contributed by atoms with Crippen LogP contribution in [-0.2, 0) is 0 Å². The van der Waals surface area contributed by atoms with Crippen LogP contribution < -0.4 is 10.1 Å². The number of aliphatic hydroxyl groups is 1. The summed E-state index contributed by atoms with van der Waals surface area (Å²) in [5, 5.41) is 20.3. The van der Waals surface area contributed by atoms with Crippen molar-refractivity contribution in [2.75, 3.05) is 24.9 Å². The Hall–Kier alpha value is -1.79. The standard InChI is InChI=1S/C13H16ClN3O3/c1-8-16-17-13(20-8)9-3-4-12(19-2)11(5-9)15-7-10(18)6-14/h3-5,10,15,18H,6-7H2,1-2H3. The Bertz CT molecular complexity index is 574. The van der Waals surface area contributed by atoms with Crippen LogP contribution in [0.4, 0.5) is 5.69 Å². The highest BCUT2D eigenvalue weighted by Crippen LogP contribution is 2.30. The van der Waals surface area contributed by atoms with Gasteiger partial charge in [-0.3, -0.25) is 0 Å². The second kappa shape index (κ2) is 6.58. The second-order valence-electron chi connectivity index (χ2n) is 4.23. The van der Waals surface area contributed by atoms with Crippen LogP contribution in [0.1, 0.15) is 5.89 Å². The first kappa shape index (κ1) is 14.6. The number of aliphatic hydroxyl groups excluding tert-OH is 1. The predicted molar refractivity (Wildman–Crippen MR) is 76.2 cm³/mol. The lowest BCUT2D eigenvalue weighted by atomic mass is 10.2. The van der Waals surface area contributed by atoms with Crippen molar-refractivity contribution in [1.29, 1.82) is 0 Å². The lowest BCUT2D eigenvalue weighted by molar-refractivity contribution is 0.211. The van der Waals surface area contributed by atoms with Gasteiger partial charge in [-0.2, -0.15) is 0 Å². The molecule has 0 aliphatic rings. The van der Waals surface area contributed by atoms with Gasteiger partial charge in [-0.15, -0.1) is 21.8 Å². The van der Waals surface area contributed by atoms with Gasteiger partial charge < -0.3 is 19.6 Å². The molecule has 1 unspecified atom stereocenters. The molecule has 0 fully saturated rings. The third kappa shape index (κ3) is 3.40. The quantitative estimate of drug-likeness (QED) is 0.795. The van der Waals surface area contributed by atoms with Crippen molar-refractivity contribution in [3.05, 3.63) is 24.1 Å². The van der Waals surface area contributed by atoms with Crippen LogP contribution >= 0.6 is 11.6 Å². The van der Waals surface area contributed by atoms with Crippen LogP contribution in [0.3, 0.4) is 0 Å². The number of anilines is 1. The van der Waals surface area contributed by atoms with Gasteiger partial charge in [0.1, 0.15) is 5.75 Å². The van der Waals surface area contributed by atoms with Gasteiger partial charge in [0.15, 0.2) is 0 Å². The summed E-state index contributed by atoms with van der Waals surface area (Å²) in [7, 11) is 1.58. The SMILES string of the molecule is COc1ccc(-c2nnc(C)o2)cc1NCC(O)CCl. The number of ether oxygens (including phenoxy) is 1. The summed E-state index contributed by atoms with van der Waals surface area (Å²) in [6, 6.07) is 5.45. The zero-order chi connectivity index (χ0) is 14.5. The van der Waals surface area contributed by atoms with Gasteiger partial charge in [0.2, 0.25) is 11.8 Å². The fourth-order valence-electron chi connectivity index (χ4n) is 1.67. The lowest BCUT2D eigenvalue weighted by Crippen LogP contribution is -2.21. The number of alkyl halides is 1. The molecule has 0 spiro atoms. The summed E-state index contributed by atoms with van der Waals surface area (Å²) < 4.78 is 10.6. The Morgan fingerprint density at radius 3 is 2.85 bits per heavy atom. The average Bonchev–Trinajstić information content (AvgIpc) is 2.91. The van der Waals surface area contributed by atoms with Gasteiger partial charge in [-0.05, 0) is 18.2 Å². The third-order valence-electron chi connectivity index (χ3n) is 2.68. The monoisotopic (exact) mass is 297 g/mol. The number of hydrogen-bond acceptors (Lipinski definition) is 6. The van der Waals surface area contributed by atoms with Crippen molar-refractivity contribution in [3.63, 3.8) is 0 Å². The summed E-state index contributed by atoms with van der Waals surface area (Å²) in [6.07, 6.45) is -0.629. The predicted octanol–water partition coefficient (Wildman–Crippen LogP) is 2.07. The van der Waals surface area contributed by atoms with E-state index in [-0.39, 0.29) is 5.88 Å². The minimum absolute atomic E-state index is 0.165. The Kier molecular flexibility index (Phi) is 4.81. The number of halogens is 1. The van der Waals surface area contributed by atoms with E-state index >= 15 is 0 Å². The smallest absolute Gasteiger partial charge is 0.247 e. The summed E-state index contributed by atoms with van der Waals surface area (Å²) >= 11 is 5.57. The molecule has 1 atom stereocenters. The molecule has 108 valence electrons. The summed E-state index contributed by atoms with van der Waals surface area (Å²) in [5.74, 6) is 1.76. The number of aromatic nitrogens is 2. The van der Waals surface area contributed by atoms with Crippen molar-refractivity contribution in [1.82, 2.24) is 10.2 Å². The average molecular weight is 298 g/mol. The number of aryl methyl sites for hydroxylation is 1. The molecule has 1 aromatic heterocycles. The fraction of sp³-hybridized carbons (Fsp3) is 0.385. The van der Waals surface area contributed by atoms with Gasteiger partial charge in [-0.25, -0.2) is 0 Å². The van der Waals surface area contributed by atoms with Crippen molar-refractivity contribution < 1.29 is 14.3 Å². The molecule has 1 heterocycles. The summed E-state index contributed by atoms with van der Waals surface area (Å²) in [5.41, 5.74) is 1.50. The highest BCUT2D eigenvalue weighted by Gasteiger charge is 2.11. The molecule has 2 aromatic rings. The molecule has 7 heteroatoms. The van der Waals surface area contributed by atoms with Crippen LogP contribution in [0.2, 0.25) is 0 Å². The van der Waals surface area contributed by atoms with E-state index in [1.54, 1.807) is 20.1 Å². The van der Waals surface area contributed by atoms with Crippen molar-refractivity contribution in [3.8, 4) is 17.2 Å². The number of nitrogens with zero attached hydrogens (tertiary/aromatic N) is 2. The van der Waals surface area contributed by atoms with Crippen molar-refractivity contribution >= 4 is 17.3 Å². The largest absolute Gasteiger partial charge is 0.495 e. The molecule has 6 nitrogen and oxygen atoms in total. The minimum atomic E-state index is -0.629. The van der Waals surface area contributed by atoms with Crippen LogP contribution in [0.5, 0.6) is 5.75 Å². The van der Waals surface area contributed by atoms with E-state index in [1.165, 1.54) is 0 Å². The molecule has 0 aliphatic carbocycles. The molecule has 0 radical (unpaired) electrons. The van der Waals surface area contributed by atoms with E-state index in [0.717, 1.165) is 11.3 Å². The van der Waals surface area contributed by atoms with Gasteiger partial charge in [0, 0.05) is 19.0 Å². The third-order valence-corrected chi connectivity index (χ3v) is 3.03. The highest BCUT2D eigenvalue weighted by atomic mass is 35.5. The molecule has 0 saturated carbocycles. The van der Waals surface area contributed by atoms with E-state index in [1.807, 2.05) is 12.1 Å². The normalized spacial score (nSPS) is 12.2. The maximum absolute atomic E-state index is 9.50. The van der Waals surface area contributed by atoms with E-state index < -0.39 is 6.10 Å². The van der Waals surface area contributed by atoms with Crippen molar-refractivity contribution in [2.24, 2.45) is 0 Å². The van der Waals surface area contributed by atoms with E-state index in [9.17, 15) is 5.11 Å². The molecule has 1 aromatic carbocycles. The Morgan fingerprint density at radius 2 is 2.25 bits per heavy atom.